The number of rotatable bonds is 1. The molecule has 2 rings (SSSR count). The van der Waals surface area contributed by atoms with Crippen LogP contribution in [0.15, 0.2) is 0 Å². The van der Waals surface area contributed by atoms with Crippen LogP contribution in [0.25, 0.3) is 0 Å². The van der Waals surface area contributed by atoms with Crippen molar-refractivity contribution in [1.29, 1.82) is 0 Å². The molecule has 2 saturated carbocycles. The predicted octanol–water partition coefficient (Wildman–Crippen LogP) is 3.86. The van der Waals surface area contributed by atoms with Gasteiger partial charge in [-0.05, 0) is 41.9 Å². The normalized spacial score (nSPS) is 58.0. The highest BCUT2D eigenvalue weighted by Crippen LogP contribution is 2.68. The van der Waals surface area contributed by atoms with Crippen LogP contribution in [-0.2, 0) is 0 Å². The van der Waals surface area contributed by atoms with E-state index in [0.717, 1.165) is 17.3 Å². The van der Waals surface area contributed by atoms with Gasteiger partial charge in [-0.2, -0.15) is 0 Å². The van der Waals surface area contributed by atoms with E-state index in [9.17, 15) is 0 Å². The van der Waals surface area contributed by atoms with Crippen LogP contribution in [0.3, 0.4) is 0 Å². The molecule has 0 aromatic heterocycles. The van der Waals surface area contributed by atoms with E-state index in [1.54, 1.807) is 0 Å². The maximum Gasteiger partial charge on any atom is -0.0269 e. The summed E-state index contributed by atoms with van der Waals surface area (Å²) in [4.78, 5) is 0. The van der Waals surface area contributed by atoms with E-state index in [1.807, 2.05) is 0 Å². The van der Waals surface area contributed by atoms with Crippen LogP contribution in [0.1, 0.15) is 53.4 Å². The fourth-order valence-corrected chi connectivity index (χ4v) is 4.02. The minimum atomic E-state index is 0.674. The van der Waals surface area contributed by atoms with E-state index in [2.05, 4.69) is 27.7 Å². The first-order chi connectivity index (χ1) is 5.53. The van der Waals surface area contributed by atoms with E-state index in [4.69, 9.17) is 0 Å². The molecule has 0 radical (unpaired) electrons. The SMILES string of the molecule is CCC1(C)C(C)CC2(C)CCC21. The van der Waals surface area contributed by atoms with Gasteiger partial charge in [-0.25, -0.2) is 0 Å². The van der Waals surface area contributed by atoms with Gasteiger partial charge in [0.1, 0.15) is 0 Å². The van der Waals surface area contributed by atoms with Crippen LogP contribution in [0, 0.1) is 22.7 Å². The predicted molar refractivity (Wildman–Crippen MR) is 53.0 cm³/mol. The van der Waals surface area contributed by atoms with Crippen molar-refractivity contribution in [1.82, 2.24) is 0 Å². The second-order valence-corrected chi connectivity index (χ2v) is 5.71. The molecule has 2 fully saturated rings. The van der Waals surface area contributed by atoms with Gasteiger partial charge in [0.15, 0.2) is 0 Å². The molecule has 2 aliphatic carbocycles. The molecule has 0 amide bonds. The van der Waals surface area contributed by atoms with Gasteiger partial charge < -0.3 is 0 Å². The molecular formula is C12H22. The van der Waals surface area contributed by atoms with Gasteiger partial charge in [-0.1, -0.05) is 34.1 Å². The molecule has 4 atom stereocenters. The zero-order valence-corrected chi connectivity index (χ0v) is 8.98. The summed E-state index contributed by atoms with van der Waals surface area (Å²) in [6.45, 7) is 9.87. The molecule has 0 aliphatic heterocycles. The van der Waals surface area contributed by atoms with Crippen molar-refractivity contribution in [2.75, 3.05) is 0 Å². The highest BCUT2D eigenvalue weighted by atomic mass is 14.6. The Labute approximate surface area is 76.7 Å². The number of fused-ring (bicyclic) bond motifs is 1. The number of hydrogen-bond donors (Lipinski definition) is 0. The molecule has 0 N–H and O–H groups in total. The van der Waals surface area contributed by atoms with Crippen molar-refractivity contribution in [3.63, 3.8) is 0 Å². The lowest BCUT2D eigenvalue weighted by molar-refractivity contribution is 0.00932. The lowest BCUT2D eigenvalue weighted by Gasteiger charge is -2.48. The van der Waals surface area contributed by atoms with Crippen molar-refractivity contribution >= 4 is 0 Å². The molecule has 0 heteroatoms. The Morgan fingerprint density at radius 1 is 1.33 bits per heavy atom. The van der Waals surface area contributed by atoms with E-state index < -0.39 is 0 Å². The summed E-state index contributed by atoms with van der Waals surface area (Å²) < 4.78 is 0. The topological polar surface area (TPSA) is 0 Å². The van der Waals surface area contributed by atoms with Crippen LogP contribution in [0.2, 0.25) is 0 Å². The highest BCUT2D eigenvalue weighted by molar-refractivity contribution is 5.08. The summed E-state index contributed by atoms with van der Waals surface area (Å²) in [5.74, 6) is 2.00. The summed E-state index contributed by atoms with van der Waals surface area (Å²) in [5.41, 5.74) is 1.41. The maximum absolute atomic E-state index is 2.52. The fraction of sp³-hybridized carbons (Fsp3) is 1.00. The second kappa shape index (κ2) is 2.27. The van der Waals surface area contributed by atoms with Crippen molar-refractivity contribution in [2.45, 2.75) is 53.4 Å². The molecule has 70 valence electrons. The Bertz CT molecular complexity index is 196. The highest BCUT2D eigenvalue weighted by Gasteiger charge is 2.59. The zero-order chi connectivity index (χ0) is 8.98. The van der Waals surface area contributed by atoms with Gasteiger partial charge >= 0.3 is 0 Å². The van der Waals surface area contributed by atoms with E-state index in [1.165, 1.54) is 25.7 Å². The van der Waals surface area contributed by atoms with Crippen LogP contribution in [0.5, 0.6) is 0 Å². The molecule has 0 aromatic rings. The Balaban J connectivity index is 2.26. The molecule has 0 spiro atoms. The van der Waals surface area contributed by atoms with Crippen LogP contribution in [0.4, 0.5) is 0 Å². The Kier molecular flexibility index (Phi) is 1.63. The number of hydrogen-bond acceptors (Lipinski definition) is 0. The molecule has 2 aliphatic rings. The van der Waals surface area contributed by atoms with Crippen molar-refractivity contribution in [2.24, 2.45) is 22.7 Å². The zero-order valence-electron chi connectivity index (χ0n) is 8.98. The molecule has 4 unspecified atom stereocenters. The smallest absolute Gasteiger partial charge is 0.0269 e. The third-order valence-corrected chi connectivity index (χ3v) is 5.30. The molecule has 0 bridgehead atoms. The van der Waals surface area contributed by atoms with Gasteiger partial charge in [-0.3, -0.25) is 0 Å². The monoisotopic (exact) mass is 166 g/mol. The minimum absolute atomic E-state index is 0.674. The lowest BCUT2D eigenvalue weighted by atomic mass is 9.56. The summed E-state index contributed by atoms with van der Waals surface area (Å²) in [6, 6.07) is 0. The summed E-state index contributed by atoms with van der Waals surface area (Å²) in [6.07, 6.45) is 5.87. The second-order valence-electron chi connectivity index (χ2n) is 5.71. The molecular weight excluding hydrogens is 144 g/mol. The van der Waals surface area contributed by atoms with Gasteiger partial charge in [0.05, 0.1) is 0 Å². The van der Waals surface area contributed by atoms with Crippen molar-refractivity contribution < 1.29 is 0 Å². The average Bonchev–Trinajstić information content (AvgIpc) is 2.12. The van der Waals surface area contributed by atoms with Gasteiger partial charge in [0.2, 0.25) is 0 Å². The molecule has 12 heavy (non-hydrogen) atoms. The first-order valence-corrected chi connectivity index (χ1v) is 5.53. The first kappa shape index (κ1) is 8.59. The fourth-order valence-electron chi connectivity index (χ4n) is 4.02. The largest absolute Gasteiger partial charge is 0.0648 e. The molecule has 0 saturated heterocycles. The summed E-state index contributed by atoms with van der Waals surface area (Å²) in [7, 11) is 0. The Morgan fingerprint density at radius 2 is 2.00 bits per heavy atom. The summed E-state index contributed by atoms with van der Waals surface area (Å²) in [5, 5.41) is 0. The average molecular weight is 166 g/mol. The van der Waals surface area contributed by atoms with Gasteiger partial charge in [-0.15, -0.1) is 0 Å². The third kappa shape index (κ3) is 0.791. The van der Waals surface area contributed by atoms with Crippen molar-refractivity contribution in [3.8, 4) is 0 Å². The van der Waals surface area contributed by atoms with E-state index in [-0.39, 0.29) is 0 Å². The quantitative estimate of drug-likeness (QED) is 0.555. The van der Waals surface area contributed by atoms with Crippen LogP contribution < -0.4 is 0 Å². The van der Waals surface area contributed by atoms with E-state index >= 15 is 0 Å². The Morgan fingerprint density at radius 3 is 2.25 bits per heavy atom. The van der Waals surface area contributed by atoms with E-state index in [0.29, 0.717) is 5.41 Å². The molecule has 0 heterocycles. The van der Waals surface area contributed by atoms with Gasteiger partial charge in [0.25, 0.3) is 0 Å². The third-order valence-electron chi connectivity index (χ3n) is 5.30. The summed E-state index contributed by atoms with van der Waals surface area (Å²) >= 11 is 0. The minimum Gasteiger partial charge on any atom is -0.0648 e. The molecule has 0 nitrogen and oxygen atoms in total. The van der Waals surface area contributed by atoms with Crippen LogP contribution >= 0.6 is 0 Å². The van der Waals surface area contributed by atoms with Crippen LogP contribution in [-0.4, -0.2) is 0 Å². The van der Waals surface area contributed by atoms with Gasteiger partial charge in [0, 0.05) is 0 Å². The lowest BCUT2D eigenvalue weighted by Crippen LogP contribution is -2.40. The first-order valence-electron chi connectivity index (χ1n) is 5.53. The van der Waals surface area contributed by atoms with Crippen molar-refractivity contribution in [3.05, 3.63) is 0 Å². The standard InChI is InChI=1S/C12H22/c1-5-12(4)9(2)8-11(3)7-6-10(11)12/h9-10H,5-8H2,1-4H3. The Hall–Kier alpha value is 0. The maximum atomic E-state index is 2.52. The molecule has 0 aromatic carbocycles.